The number of unbranched alkanes of at least 4 members (excludes halogenated alkanes) is 1. The number of anilines is 2. The Hall–Kier alpha value is -2.75. The van der Waals surface area contributed by atoms with Gasteiger partial charge in [0, 0.05) is 17.6 Å². The molecule has 0 atom stereocenters. The van der Waals surface area contributed by atoms with Crippen molar-refractivity contribution in [3.63, 3.8) is 0 Å². The van der Waals surface area contributed by atoms with Gasteiger partial charge in [-0.15, -0.1) is 0 Å². The van der Waals surface area contributed by atoms with Gasteiger partial charge in [0.1, 0.15) is 11.5 Å². The van der Waals surface area contributed by atoms with E-state index in [0.29, 0.717) is 0 Å². The van der Waals surface area contributed by atoms with E-state index in [2.05, 4.69) is 37.4 Å². The fraction of sp³-hybridized carbons (Fsp3) is 0.318. The second kappa shape index (κ2) is 8.09. The van der Waals surface area contributed by atoms with E-state index in [1.807, 2.05) is 24.4 Å². The number of rotatable bonds is 7. The van der Waals surface area contributed by atoms with Crippen molar-refractivity contribution in [2.75, 3.05) is 19.5 Å². The Morgan fingerprint density at radius 2 is 1.92 bits per heavy atom. The van der Waals surface area contributed by atoms with Gasteiger partial charge in [-0.05, 0) is 43.0 Å². The molecule has 0 aliphatic rings. The zero-order valence-corrected chi connectivity index (χ0v) is 15.9. The lowest BCUT2D eigenvalue weighted by molar-refractivity contribution is 0.405. The number of aryl methyl sites for hydroxylation is 2. The number of hydrogen-bond acceptors (Lipinski definition) is 4. The Labute approximate surface area is 155 Å². The molecule has 0 amide bonds. The van der Waals surface area contributed by atoms with Crippen molar-refractivity contribution in [3.8, 4) is 11.5 Å². The molecule has 0 aliphatic heterocycles. The Kier molecular flexibility index (Phi) is 5.61. The molecule has 1 N–H and O–H groups in total. The molecule has 0 saturated carbocycles. The maximum Gasteiger partial charge on any atom is 0.142 e. The third-order valence-electron chi connectivity index (χ3n) is 4.64. The zero-order valence-electron chi connectivity index (χ0n) is 15.9. The number of nitrogens with zero attached hydrogens (tertiary/aromatic N) is 1. The fourth-order valence-electron chi connectivity index (χ4n) is 3.16. The first kappa shape index (κ1) is 18.1. The zero-order chi connectivity index (χ0) is 18.5. The van der Waals surface area contributed by atoms with Crippen LogP contribution in [-0.4, -0.2) is 19.2 Å². The molecule has 0 bridgehead atoms. The maximum atomic E-state index is 5.54. The molecule has 0 saturated heterocycles. The van der Waals surface area contributed by atoms with Crippen LogP contribution in [0.4, 0.5) is 11.4 Å². The summed E-state index contributed by atoms with van der Waals surface area (Å²) in [6.07, 6.45) is 5.26. The first-order valence-corrected chi connectivity index (χ1v) is 9.04. The number of pyridine rings is 1. The van der Waals surface area contributed by atoms with Gasteiger partial charge in [0.05, 0.1) is 31.1 Å². The van der Waals surface area contributed by atoms with Crippen LogP contribution in [0.1, 0.15) is 30.9 Å². The predicted octanol–water partition coefficient (Wildman–Crippen LogP) is 5.65. The molecule has 0 unspecified atom stereocenters. The summed E-state index contributed by atoms with van der Waals surface area (Å²) in [5.74, 6) is 1.57. The molecule has 26 heavy (non-hydrogen) atoms. The van der Waals surface area contributed by atoms with Crippen molar-refractivity contribution in [2.45, 2.75) is 33.1 Å². The number of benzene rings is 2. The van der Waals surface area contributed by atoms with Gasteiger partial charge in [-0.2, -0.15) is 0 Å². The summed E-state index contributed by atoms with van der Waals surface area (Å²) in [6.45, 7) is 4.30. The SMILES string of the molecule is CCCCc1cnc2c(C)cccc2c1Nc1cc(OC)ccc1OC. The summed E-state index contributed by atoms with van der Waals surface area (Å²) in [7, 11) is 3.35. The monoisotopic (exact) mass is 350 g/mol. The van der Waals surface area contributed by atoms with Crippen molar-refractivity contribution in [1.29, 1.82) is 0 Å². The van der Waals surface area contributed by atoms with Crippen LogP contribution in [-0.2, 0) is 6.42 Å². The number of fused-ring (bicyclic) bond motifs is 1. The van der Waals surface area contributed by atoms with Crippen LogP contribution in [0.3, 0.4) is 0 Å². The molecule has 3 aromatic rings. The smallest absolute Gasteiger partial charge is 0.142 e. The number of hydrogen-bond donors (Lipinski definition) is 1. The summed E-state index contributed by atoms with van der Waals surface area (Å²) in [5.41, 5.74) is 5.40. The molecule has 0 spiro atoms. The Morgan fingerprint density at radius 3 is 2.65 bits per heavy atom. The lowest BCUT2D eigenvalue weighted by Crippen LogP contribution is -2.02. The third kappa shape index (κ3) is 3.59. The minimum absolute atomic E-state index is 0.782. The Balaban J connectivity index is 2.14. The second-order valence-electron chi connectivity index (χ2n) is 6.42. The van der Waals surface area contributed by atoms with Crippen LogP contribution in [0.15, 0.2) is 42.6 Å². The molecule has 1 heterocycles. The molecule has 1 aromatic heterocycles. The Bertz CT molecular complexity index is 906. The van der Waals surface area contributed by atoms with Gasteiger partial charge in [0.25, 0.3) is 0 Å². The third-order valence-corrected chi connectivity index (χ3v) is 4.64. The molecule has 0 aliphatic carbocycles. The molecule has 4 heteroatoms. The molecule has 2 aromatic carbocycles. The maximum absolute atomic E-state index is 5.54. The average molecular weight is 350 g/mol. The molecule has 4 nitrogen and oxygen atoms in total. The first-order valence-electron chi connectivity index (χ1n) is 9.04. The molecule has 0 radical (unpaired) electrons. The van der Waals surface area contributed by atoms with Crippen LogP contribution in [0.2, 0.25) is 0 Å². The van der Waals surface area contributed by atoms with Crippen molar-refractivity contribution >= 4 is 22.3 Å². The van der Waals surface area contributed by atoms with E-state index in [1.54, 1.807) is 14.2 Å². The minimum atomic E-state index is 0.782. The second-order valence-corrected chi connectivity index (χ2v) is 6.42. The van der Waals surface area contributed by atoms with Crippen LogP contribution < -0.4 is 14.8 Å². The lowest BCUT2D eigenvalue weighted by atomic mass is 10.0. The van der Waals surface area contributed by atoms with Crippen molar-refractivity contribution in [1.82, 2.24) is 4.98 Å². The highest BCUT2D eigenvalue weighted by Gasteiger charge is 2.13. The summed E-state index contributed by atoms with van der Waals surface area (Å²) in [6, 6.07) is 12.1. The van der Waals surface area contributed by atoms with E-state index < -0.39 is 0 Å². The highest BCUT2D eigenvalue weighted by molar-refractivity contribution is 5.96. The summed E-state index contributed by atoms with van der Waals surface area (Å²) < 4.78 is 10.9. The number of aromatic nitrogens is 1. The fourth-order valence-corrected chi connectivity index (χ4v) is 3.16. The van der Waals surface area contributed by atoms with Crippen molar-refractivity contribution in [3.05, 3.63) is 53.7 Å². The Morgan fingerprint density at radius 1 is 1.08 bits per heavy atom. The molecular weight excluding hydrogens is 324 g/mol. The first-order chi connectivity index (χ1) is 12.7. The number of methoxy groups -OCH3 is 2. The number of nitrogens with one attached hydrogen (secondary N) is 1. The average Bonchev–Trinajstić information content (AvgIpc) is 2.67. The summed E-state index contributed by atoms with van der Waals surface area (Å²) in [4.78, 5) is 4.72. The highest BCUT2D eigenvalue weighted by atomic mass is 16.5. The van der Waals surface area contributed by atoms with Crippen LogP contribution in [0.5, 0.6) is 11.5 Å². The molecular formula is C22H26N2O2. The van der Waals surface area contributed by atoms with E-state index in [-0.39, 0.29) is 0 Å². The minimum Gasteiger partial charge on any atom is -0.497 e. The number of para-hydroxylation sites is 1. The van der Waals surface area contributed by atoms with Gasteiger partial charge in [-0.3, -0.25) is 4.98 Å². The van der Waals surface area contributed by atoms with Gasteiger partial charge in [0.15, 0.2) is 0 Å². The van der Waals surface area contributed by atoms with Gasteiger partial charge in [0.2, 0.25) is 0 Å². The van der Waals surface area contributed by atoms with E-state index in [4.69, 9.17) is 14.5 Å². The number of ether oxygens (including phenoxy) is 2. The lowest BCUT2D eigenvalue weighted by Gasteiger charge is -2.18. The van der Waals surface area contributed by atoms with Gasteiger partial charge in [-0.25, -0.2) is 0 Å². The molecule has 0 fully saturated rings. The van der Waals surface area contributed by atoms with E-state index in [1.165, 1.54) is 11.1 Å². The van der Waals surface area contributed by atoms with Crippen molar-refractivity contribution in [2.24, 2.45) is 0 Å². The van der Waals surface area contributed by atoms with Crippen molar-refractivity contribution < 1.29 is 9.47 Å². The van der Waals surface area contributed by atoms with Gasteiger partial charge < -0.3 is 14.8 Å². The summed E-state index contributed by atoms with van der Waals surface area (Å²) >= 11 is 0. The van der Waals surface area contributed by atoms with E-state index in [0.717, 1.165) is 53.0 Å². The topological polar surface area (TPSA) is 43.4 Å². The van der Waals surface area contributed by atoms with Crippen LogP contribution in [0, 0.1) is 6.92 Å². The van der Waals surface area contributed by atoms with Crippen LogP contribution >= 0.6 is 0 Å². The molecule has 136 valence electrons. The van der Waals surface area contributed by atoms with Gasteiger partial charge in [-0.1, -0.05) is 31.5 Å². The van der Waals surface area contributed by atoms with Crippen LogP contribution in [0.25, 0.3) is 10.9 Å². The quantitative estimate of drug-likeness (QED) is 0.598. The largest absolute Gasteiger partial charge is 0.497 e. The standard InChI is InChI=1S/C22H26N2O2/c1-5-6-9-16-14-23-21-15(2)8-7-10-18(21)22(16)24-19-13-17(25-3)11-12-20(19)26-4/h7-8,10-14H,5-6,9H2,1-4H3,(H,23,24). The molecule has 3 rings (SSSR count). The van der Waals surface area contributed by atoms with Gasteiger partial charge >= 0.3 is 0 Å². The van der Waals surface area contributed by atoms with E-state index >= 15 is 0 Å². The predicted molar refractivity (Wildman–Crippen MR) is 108 cm³/mol. The highest BCUT2D eigenvalue weighted by Crippen LogP contribution is 2.36. The van der Waals surface area contributed by atoms with E-state index in [9.17, 15) is 0 Å². The normalized spacial score (nSPS) is 10.8. The summed E-state index contributed by atoms with van der Waals surface area (Å²) in [5, 5.41) is 4.73.